The minimum absolute atomic E-state index is 0.0236. The number of anilines is 2. The summed E-state index contributed by atoms with van der Waals surface area (Å²) in [5.41, 5.74) is 6.89. The zero-order valence-corrected chi connectivity index (χ0v) is 20.9. The Labute approximate surface area is 221 Å². The number of alkyl halides is 3. The molecule has 4 rings (SSSR count). The van der Waals surface area contributed by atoms with Gasteiger partial charge in [-0.15, -0.1) is 13.2 Å². The van der Waals surface area contributed by atoms with Crippen LogP contribution in [0, 0.1) is 21.8 Å². The molecule has 2 aromatic carbocycles. The van der Waals surface area contributed by atoms with Crippen LogP contribution in [0.4, 0.5) is 35.0 Å². The van der Waals surface area contributed by atoms with Gasteiger partial charge in [-0.1, -0.05) is 30.3 Å². The quantitative estimate of drug-likeness (QED) is 0.172. The van der Waals surface area contributed by atoms with E-state index in [4.69, 9.17) is 5.73 Å². The van der Waals surface area contributed by atoms with Gasteiger partial charge in [-0.25, -0.2) is 9.37 Å². The summed E-state index contributed by atoms with van der Waals surface area (Å²) >= 11 is 0. The molecule has 13 heteroatoms. The van der Waals surface area contributed by atoms with E-state index in [0.717, 1.165) is 31.2 Å². The van der Waals surface area contributed by atoms with Crippen molar-refractivity contribution in [1.82, 2.24) is 15.3 Å². The summed E-state index contributed by atoms with van der Waals surface area (Å²) in [6.07, 6.45) is -1.19. The summed E-state index contributed by atoms with van der Waals surface area (Å²) in [4.78, 5) is 19.4. The Morgan fingerprint density at radius 3 is 2.38 bits per heavy atom. The molecule has 0 bridgehead atoms. The normalized spacial score (nSPS) is 17.5. The Morgan fingerprint density at radius 1 is 1.03 bits per heavy atom. The smallest absolute Gasteiger partial charge is 0.405 e. The van der Waals surface area contributed by atoms with Gasteiger partial charge in [0.25, 0.3) is 0 Å². The van der Waals surface area contributed by atoms with Crippen molar-refractivity contribution in [1.29, 1.82) is 0 Å². The van der Waals surface area contributed by atoms with Crippen molar-refractivity contribution in [2.24, 2.45) is 5.92 Å². The molecular formula is C26H28F4N6O3. The summed E-state index contributed by atoms with van der Waals surface area (Å²) in [7, 11) is 0. The Hall–Kier alpha value is -4.00. The third-order valence-corrected chi connectivity index (χ3v) is 6.64. The summed E-state index contributed by atoms with van der Waals surface area (Å²) in [6, 6.07) is 12.2. The molecule has 0 saturated heterocycles. The Bertz CT molecular complexity index is 1280. The highest BCUT2D eigenvalue weighted by Crippen LogP contribution is 2.33. The van der Waals surface area contributed by atoms with Crippen LogP contribution in [-0.2, 0) is 19.5 Å². The lowest BCUT2D eigenvalue weighted by atomic mass is 9.83. The third kappa shape index (κ3) is 7.99. The van der Waals surface area contributed by atoms with E-state index in [2.05, 4.69) is 25.3 Å². The van der Waals surface area contributed by atoms with Crippen LogP contribution >= 0.6 is 0 Å². The van der Waals surface area contributed by atoms with E-state index in [1.165, 1.54) is 30.3 Å². The first-order valence-corrected chi connectivity index (χ1v) is 12.4. The van der Waals surface area contributed by atoms with Gasteiger partial charge in [0.1, 0.15) is 17.3 Å². The van der Waals surface area contributed by atoms with Crippen molar-refractivity contribution in [3.05, 3.63) is 81.3 Å². The highest BCUT2D eigenvalue weighted by molar-refractivity contribution is 5.58. The average Bonchev–Trinajstić information content (AvgIpc) is 2.87. The van der Waals surface area contributed by atoms with Crippen molar-refractivity contribution in [2.75, 3.05) is 11.1 Å². The molecule has 1 fully saturated rings. The molecule has 0 spiro atoms. The first-order chi connectivity index (χ1) is 18.6. The third-order valence-electron chi connectivity index (χ3n) is 6.64. The molecular weight excluding hydrogens is 520 g/mol. The molecule has 9 nitrogen and oxygen atoms in total. The van der Waals surface area contributed by atoms with Crippen LogP contribution in [0.2, 0.25) is 0 Å². The van der Waals surface area contributed by atoms with Crippen LogP contribution in [0.5, 0.6) is 5.75 Å². The number of benzene rings is 2. The lowest BCUT2D eigenvalue weighted by Crippen LogP contribution is -2.33. The van der Waals surface area contributed by atoms with Gasteiger partial charge in [-0.3, -0.25) is 10.1 Å². The average molecular weight is 549 g/mol. The molecule has 0 unspecified atom stereocenters. The maximum atomic E-state index is 13.1. The summed E-state index contributed by atoms with van der Waals surface area (Å²) < 4.78 is 55.3. The van der Waals surface area contributed by atoms with Gasteiger partial charge in [0.15, 0.2) is 0 Å². The number of hydrogen-bond acceptors (Lipinski definition) is 8. The topological polar surface area (TPSA) is 128 Å². The number of hydrogen-bond donors (Lipinski definition) is 3. The minimum Gasteiger partial charge on any atom is -0.405 e. The molecule has 1 aliphatic rings. The van der Waals surface area contributed by atoms with Gasteiger partial charge in [-0.2, -0.15) is 4.98 Å². The monoisotopic (exact) mass is 548 g/mol. The van der Waals surface area contributed by atoms with Crippen LogP contribution in [0.3, 0.4) is 0 Å². The van der Waals surface area contributed by atoms with Gasteiger partial charge in [0, 0.05) is 24.7 Å². The van der Waals surface area contributed by atoms with E-state index in [9.17, 15) is 27.7 Å². The lowest BCUT2D eigenvalue weighted by Gasteiger charge is -2.29. The van der Waals surface area contributed by atoms with Crippen LogP contribution in [-0.4, -0.2) is 27.3 Å². The fraction of sp³-hybridized carbons (Fsp3) is 0.385. The largest absolute Gasteiger partial charge is 0.573 e. The molecule has 1 aliphatic carbocycles. The molecule has 1 saturated carbocycles. The lowest BCUT2D eigenvalue weighted by molar-refractivity contribution is -0.385. The molecule has 1 aromatic heterocycles. The predicted molar refractivity (Wildman–Crippen MR) is 136 cm³/mol. The van der Waals surface area contributed by atoms with Crippen molar-refractivity contribution < 1.29 is 27.2 Å². The van der Waals surface area contributed by atoms with E-state index in [0.29, 0.717) is 13.0 Å². The fourth-order valence-corrected chi connectivity index (χ4v) is 4.70. The molecule has 0 aliphatic heterocycles. The molecule has 3 aromatic rings. The Morgan fingerprint density at radius 2 is 1.72 bits per heavy atom. The molecule has 0 amide bonds. The number of para-hydroxylation sites is 1. The number of nitro groups is 1. The number of halogens is 4. The summed E-state index contributed by atoms with van der Waals surface area (Å²) in [6.45, 7) is 0.503. The Balaban J connectivity index is 1.39. The molecule has 208 valence electrons. The second-order valence-electron chi connectivity index (χ2n) is 9.42. The number of nitrogens with one attached hydrogen (secondary N) is 2. The van der Waals surface area contributed by atoms with Gasteiger partial charge in [0.05, 0.1) is 4.92 Å². The van der Waals surface area contributed by atoms with Crippen molar-refractivity contribution >= 4 is 17.5 Å². The molecule has 1 heterocycles. The zero-order valence-electron chi connectivity index (χ0n) is 20.9. The van der Waals surface area contributed by atoms with Crippen molar-refractivity contribution in [3.8, 4) is 5.75 Å². The number of rotatable bonds is 10. The number of nitrogens with zero attached hydrogens (tertiary/aromatic N) is 3. The van der Waals surface area contributed by atoms with E-state index < -0.39 is 11.3 Å². The van der Waals surface area contributed by atoms with E-state index in [-0.39, 0.29) is 58.8 Å². The second-order valence-corrected chi connectivity index (χ2v) is 9.42. The first kappa shape index (κ1) is 28.0. The zero-order chi connectivity index (χ0) is 28.0. The van der Waals surface area contributed by atoms with E-state index in [1.807, 2.05) is 0 Å². The highest BCUT2D eigenvalue weighted by Gasteiger charge is 2.32. The Kier molecular flexibility index (Phi) is 8.79. The van der Waals surface area contributed by atoms with Gasteiger partial charge in [-0.05, 0) is 61.8 Å². The van der Waals surface area contributed by atoms with Crippen LogP contribution in [0.1, 0.15) is 42.5 Å². The van der Waals surface area contributed by atoms with Crippen LogP contribution < -0.4 is 21.1 Å². The number of nitrogen functional groups attached to an aromatic ring is 1. The van der Waals surface area contributed by atoms with Gasteiger partial charge < -0.3 is 21.1 Å². The predicted octanol–water partition coefficient (Wildman–Crippen LogP) is 5.51. The number of ether oxygens (including phenoxy) is 1. The molecule has 0 radical (unpaired) electrons. The molecule has 0 atom stereocenters. The molecule has 4 N–H and O–H groups in total. The first-order valence-electron chi connectivity index (χ1n) is 12.4. The fourth-order valence-electron chi connectivity index (χ4n) is 4.70. The van der Waals surface area contributed by atoms with E-state index in [1.54, 1.807) is 18.2 Å². The molecule has 39 heavy (non-hydrogen) atoms. The number of aromatic nitrogens is 2. The second kappa shape index (κ2) is 12.2. The van der Waals surface area contributed by atoms with Crippen molar-refractivity contribution in [2.45, 2.75) is 57.6 Å². The minimum atomic E-state index is -4.85. The SMILES string of the molecule is Nc1nc(NCc2ccccc2OC(F)(F)F)nc(CC2CCC(NCc3ccc(F)cc3)CC2)c1[N+](=O)[O-]. The van der Waals surface area contributed by atoms with Gasteiger partial charge >= 0.3 is 12.0 Å². The summed E-state index contributed by atoms with van der Waals surface area (Å²) in [5, 5.41) is 18.0. The number of nitrogens with two attached hydrogens (primary N) is 1. The van der Waals surface area contributed by atoms with Crippen LogP contribution in [0.15, 0.2) is 48.5 Å². The van der Waals surface area contributed by atoms with E-state index >= 15 is 0 Å². The standard InChI is InChI=1S/C26H28F4N6O3/c27-19-9-5-17(6-10-19)14-32-20-11-7-16(8-12-20)13-21-23(36(37)38)24(31)35-25(34-21)33-15-18-3-1-2-4-22(18)39-26(28,29)30/h1-6,9-10,16,20,32H,7-8,11-15H2,(H3,31,33,34,35). The highest BCUT2D eigenvalue weighted by atomic mass is 19.4. The van der Waals surface area contributed by atoms with Crippen molar-refractivity contribution in [3.63, 3.8) is 0 Å². The van der Waals surface area contributed by atoms with Crippen LogP contribution in [0.25, 0.3) is 0 Å². The maximum Gasteiger partial charge on any atom is 0.573 e. The maximum absolute atomic E-state index is 13.1. The summed E-state index contributed by atoms with van der Waals surface area (Å²) in [5.74, 6) is -0.864. The van der Waals surface area contributed by atoms with Gasteiger partial charge in [0.2, 0.25) is 11.8 Å².